The minimum atomic E-state index is -0.332. The summed E-state index contributed by atoms with van der Waals surface area (Å²) in [7, 11) is 0. The van der Waals surface area contributed by atoms with Crippen molar-refractivity contribution < 1.29 is 9.59 Å². The van der Waals surface area contributed by atoms with Crippen LogP contribution < -0.4 is 16.0 Å². The molecule has 23 heavy (non-hydrogen) atoms. The van der Waals surface area contributed by atoms with Crippen LogP contribution in [-0.4, -0.2) is 11.9 Å². The van der Waals surface area contributed by atoms with Crippen LogP contribution >= 0.6 is 0 Å². The molecule has 5 heteroatoms. The first-order valence-electron chi connectivity index (χ1n) is 7.21. The van der Waals surface area contributed by atoms with Gasteiger partial charge in [-0.3, -0.25) is 4.79 Å². The Hall–Kier alpha value is -3.08. The molecule has 2 rings (SSSR count). The van der Waals surface area contributed by atoms with Gasteiger partial charge in [-0.15, -0.1) is 0 Å². The maximum atomic E-state index is 11.8. The van der Waals surface area contributed by atoms with E-state index in [0.717, 1.165) is 11.1 Å². The second-order valence-corrected chi connectivity index (χ2v) is 5.10. The van der Waals surface area contributed by atoms with Crippen molar-refractivity contribution in [3.05, 3.63) is 65.9 Å². The highest BCUT2D eigenvalue weighted by molar-refractivity contribution is 5.91. The third-order valence-electron chi connectivity index (χ3n) is 3.00. The van der Waals surface area contributed by atoms with E-state index < -0.39 is 0 Å². The highest BCUT2D eigenvalue weighted by Crippen LogP contribution is 2.13. The molecule has 0 unspecified atom stereocenters. The van der Waals surface area contributed by atoms with Gasteiger partial charge in [-0.25, -0.2) is 4.79 Å². The van der Waals surface area contributed by atoms with Gasteiger partial charge in [0.05, 0.1) is 0 Å². The SMILES string of the molecule is CC(=O)Nc1ccc(NC(=O)N/C=C/c2cccc(C)c2)cc1. The highest BCUT2D eigenvalue weighted by Gasteiger charge is 2.00. The van der Waals surface area contributed by atoms with Crippen LogP contribution in [0.15, 0.2) is 54.7 Å². The number of benzene rings is 2. The van der Waals surface area contributed by atoms with Gasteiger partial charge >= 0.3 is 6.03 Å². The number of hydrogen-bond donors (Lipinski definition) is 3. The number of urea groups is 1. The van der Waals surface area contributed by atoms with E-state index in [1.807, 2.05) is 37.3 Å². The number of hydrogen-bond acceptors (Lipinski definition) is 2. The van der Waals surface area contributed by atoms with Crippen LogP contribution in [0, 0.1) is 6.92 Å². The predicted molar refractivity (Wildman–Crippen MR) is 93.1 cm³/mol. The second-order valence-electron chi connectivity index (χ2n) is 5.10. The van der Waals surface area contributed by atoms with Crippen LogP contribution in [0.3, 0.4) is 0 Å². The first-order chi connectivity index (χ1) is 11.0. The van der Waals surface area contributed by atoms with Crippen molar-refractivity contribution in [3.63, 3.8) is 0 Å². The van der Waals surface area contributed by atoms with E-state index in [1.54, 1.807) is 30.5 Å². The van der Waals surface area contributed by atoms with Gasteiger partial charge in [0.2, 0.25) is 5.91 Å². The molecular formula is C18H19N3O2. The van der Waals surface area contributed by atoms with Crippen LogP contribution in [-0.2, 0) is 4.79 Å². The van der Waals surface area contributed by atoms with E-state index in [1.165, 1.54) is 6.92 Å². The second kappa shape index (κ2) is 7.79. The van der Waals surface area contributed by atoms with Gasteiger partial charge in [0, 0.05) is 24.5 Å². The van der Waals surface area contributed by atoms with Crippen LogP contribution in [0.1, 0.15) is 18.1 Å². The van der Waals surface area contributed by atoms with Crippen LogP contribution in [0.5, 0.6) is 0 Å². The molecule has 0 atom stereocenters. The van der Waals surface area contributed by atoms with Crippen LogP contribution in [0.2, 0.25) is 0 Å². The van der Waals surface area contributed by atoms with Crippen LogP contribution in [0.4, 0.5) is 16.2 Å². The average Bonchev–Trinajstić information content (AvgIpc) is 2.49. The van der Waals surface area contributed by atoms with Gasteiger partial charge < -0.3 is 16.0 Å². The Morgan fingerprint density at radius 3 is 2.22 bits per heavy atom. The Morgan fingerprint density at radius 1 is 0.957 bits per heavy atom. The zero-order valence-corrected chi connectivity index (χ0v) is 13.1. The molecule has 0 aliphatic heterocycles. The fourth-order valence-electron chi connectivity index (χ4n) is 1.99. The first-order valence-corrected chi connectivity index (χ1v) is 7.21. The number of nitrogens with one attached hydrogen (secondary N) is 3. The lowest BCUT2D eigenvalue weighted by molar-refractivity contribution is -0.114. The normalized spacial score (nSPS) is 10.3. The molecule has 3 amide bonds. The summed E-state index contributed by atoms with van der Waals surface area (Å²) in [5.41, 5.74) is 3.50. The number of carbonyl (C=O) groups excluding carboxylic acids is 2. The summed E-state index contributed by atoms with van der Waals surface area (Å²) >= 11 is 0. The maximum Gasteiger partial charge on any atom is 0.323 e. The van der Waals surface area contributed by atoms with Gasteiger partial charge in [0.15, 0.2) is 0 Å². The fraction of sp³-hybridized carbons (Fsp3) is 0.111. The predicted octanol–water partition coefficient (Wildman–Crippen LogP) is 3.75. The van der Waals surface area contributed by atoms with Crippen molar-refractivity contribution >= 4 is 29.4 Å². The number of amides is 3. The lowest BCUT2D eigenvalue weighted by Gasteiger charge is -2.06. The minimum Gasteiger partial charge on any atom is -0.326 e. The Labute approximate surface area is 135 Å². The highest BCUT2D eigenvalue weighted by atomic mass is 16.2. The summed E-state index contributed by atoms with van der Waals surface area (Å²) in [5, 5.41) is 8.02. The smallest absolute Gasteiger partial charge is 0.323 e. The Morgan fingerprint density at radius 2 is 1.61 bits per heavy atom. The first kappa shape index (κ1) is 16.3. The van der Waals surface area contributed by atoms with Crippen molar-refractivity contribution in [2.75, 3.05) is 10.6 Å². The topological polar surface area (TPSA) is 70.2 Å². The summed E-state index contributed by atoms with van der Waals surface area (Å²) in [6, 6.07) is 14.5. The van der Waals surface area contributed by atoms with Gasteiger partial charge in [0.25, 0.3) is 0 Å². The summed E-state index contributed by atoms with van der Waals surface area (Å²) in [6.45, 7) is 3.46. The quantitative estimate of drug-likeness (QED) is 0.805. The largest absolute Gasteiger partial charge is 0.326 e. The van der Waals surface area contributed by atoms with E-state index in [-0.39, 0.29) is 11.9 Å². The molecule has 5 nitrogen and oxygen atoms in total. The molecule has 0 radical (unpaired) electrons. The summed E-state index contributed by atoms with van der Waals surface area (Å²) in [6.07, 6.45) is 3.42. The molecule has 2 aromatic carbocycles. The molecule has 0 saturated heterocycles. The average molecular weight is 309 g/mol. The van der Waals surface area contributed by atoms with Crippen molar-refractivity contribution in [2.24, 2.45) is 0 Å². The van der Waals surface area contributed by atoms with Crippen molar-refractivity contribution in [1.29, 1.82) is 0 Å². The molecule has 3 N–H and O–H groups in total. The zero-order chi connectivity index (χ0) is 16.7. The van der Waals surface area contributed by atoms with E-state index in [4.69, 9.17) is 0 Å². The molecule has 0 aliphatic rings. The molecule has 2 aromatic rings. The summed E-state index contributed by atoms with van der Waals surface area (Å²) < 4.78 is 0. The van der Waals surface area contributed by atoms with Gasteiger partial charge in [0.1, 0.15) is 0 Å². The lowest BCUT2D eigenvalue weighted by Crippen LogP contribution is -2.23. The Bertz CT molecular complexity index is 721. The van der Waals surface area contributed by atoms with E-state index >= 15 is 0 Å². The summed E-state index contributed by atoms with van der Waals surface area (Å²) in [5.74, 6) is -0.135. The van der Waals surface area contributed by atoms with Gasteiger partial charge in [-0.1, -0.05) is 29.8 Å². The number of anilines is 2. The number of rotatable bonds is 4. The van der Waals surface area contributed by atoms with E-state index in [2.05, 4.69) is 16.0 Å². The van der Waals surface area contributed by atoms with Crippen molar-refractivity contribution in [1.82, 2.24) is 5.32 Å². The van der Waals surface area contributed by atoms with Gasteiger partial charge in [-0.05, 0) is 42.8 Å². The monoisotopic (exact) mass is 309 g/mol. The molecule has 0 spiro atoms. The molecule has 0 bridgehead atoms. The Kier molecular flexibility index (Phi) is 5.52. The van der Waals surface area contributed by atoms with Crippen molar-refractivity contribution in [2.45, 2.75) is 13.8 Å². The molecule has 0 fully saturated rings. The molecule has 0 aromatic heterocycles. The minimum absolute atomic E-state index is 0.135. The zero-order valence-electron chi connectivity index (χ0n) is 13.1. The third-order valence-corrected chi connectivity index (χ3v) is 3.00. The molecule has 0 heterocycles. The van der Waals surface area contributed by atoms with Gasteiger partial charge in [-0.2, -0.15) is 0 Å². The molecule has 0 aliphatic carbocycles. The van der Waals surface area contributed by atoms with Crippen LogP contribution in [0.25, 0.3) is 6.08 Å². The van der Waals surface area contributed by atoms with E-state index in [0.29, 0.717) is 11.4 Å². The maximum absolute atomic E-state index is 11.8. The third kappa shape index (κ3) is 5.67. The molecule has 118 valence electrons. The lowest BCUT2D eigenvalue weighted by atomic mass is 10.1. The Balaban J connectivity index is 1.86. The van der Waals surface area contributed by atoms with E-state index in [9.17, 15) is 9.59 Å². The molecular weight excluding hydrogens is 290 g/mol. The standard InChI is InChI=1S/C18H19N3O2/c1-13-4-3-5-15(12-13)10-11-19-18(23)21-17-8-6-16(7-9-17)20-14(2)22/h3-12H,1-2H3,(H,20,22)(H2,19,21,23)/b11-10+. The number of aryl methyl sites for hydroxylation is 1. The number of carbonyl (C=O) groups is 2. The van der Waals surface area contributed by atoms with Crippen molar-refractivity contribution in [3.8, 4) is 0 Å². The molecule has 0 saturated carbocycles. The summed E-state index contributed by atoms with van der Waals surface area (Å²) in [4.78, 5) is 22.7. The fourth-order valence-corrected chi connectivity index (χ4v) is 1.99.